The molecule has 0 amide bonds. The third-order valence-corrected chi connectivity index (χ3v) is 5.42. The van der Waals surface area contributed by atoms with Gasteiger partial charge < -0.3 is 9.72 Å². The van der Waals surface area contributed by atoms with E-state index in [0.29, 0.717) is 28.9 Å². The van der Waals surface area contributed by atoms with Crippen LogP contribution >= 0.6 is 11.8 Å². The van der Waals surface area contributed by atoms with Gasteiger partial charge in [0.15, 0.2) is 5.16 Å². The van der Waals surface area contributed by atoms with E-state index in [1.165, 1.54) is 22.9 Å². The summed E-state index contributed by atoms with van der Waals surface area (Å²) < 4.78 is 6.36. The van der Waals surface area contributed by atoms with Crippen LogP contribution < -0.4 is 10.3 Å². The lowest BCUT2D eigenvalue weighted by Gasteiger charge is -2.35. The maximum Gasteiger partial charge on any atom is 0.258 e. The van der Waals surface area contributed by atoms with Gasteiger partial charge in [-0.05, 0) is 42.6 Å². The van der Waals surface area contributed by atoms with Crippen molar-refractivity contribution in [2.45, 2.75) is 42.9 Å². The molecule has 1 aromatic heterocycles. The quantitative estimate of drug-likeness (QED) is 0.648. The summed E-state index contributed by atoms with van der Waals surface area (Å²) in [7, 11) is 0. The minimum Gasteiger partial charge on any atom is -0.466 e. The molecule has 2 aromatic rings. The van der Waals surface area contributed by atoms with Crippen molar-refractivity contribution in [2.24, 2.45) is 0 Å². The molecule has 0 bridgehead atoms. The second-order valence-electron chi connectivity index (χ2n) is 6.15. The van der Waals surface area contributed by atoms with E-state index in [1.54, 1.807) is 0 Å². The first-order valence-corrected chi connectivity index (χ1v) is 8.81. The molecule has 0 fully saturated rings. The fraction of sp³-hybridized carbons (Fsp3) is 0.412. The van der Waals surface area contributed by atoms with Gasteiger partial charge in [0.05, 0.1) is 5.56 Å². The summed E-state index contributed by atoms with van der Waals surface area (Å²) in [4.78, 5) is 19.5. The summed E-state index contributed by atoms with van der Waals surface area (Å²) in [6, 6.07) is 8.49. The lowest BCUT2D eigenvalue weighted by atomic mass is 9.87. The Kier molecular flexibility index (Phi) is 3.08. The van der Waals surface area contributed by atoms with Crippen molar-refractivity contribution in [1.82, 2.24) is 9.97 Å². The average molecular weight is 314 g/mol. The van der Waals surface area contributed by atoms with Crippen molar-refractivity contribution in [1.29, 1.82) is 0 Å². The molecule has 22 heavy (non-hydrogen) atoms. The number of nitrogens with zero attached hydrogens (tertiary/aromatic N) is 1. The lowest BCUT2D eigenvalue weighted by Crippen LogP contribution is -2.37. The summed E-state index contributed by atoms with van der Waals surface area (Å²) in [6.45, 7) is 2.24. The van der Waals surface area contributed by atoms with E-state index in [0.717, 1.165) is 12.8 Å². The molecular formula is C17H18N2O2S. The minimum absolute atomic E-state index is 0.0662. The Morgan fingerprint density at radius 1 is 1.41 bits per heavy atom. The van der Waals surface area contributed by atoms with Gasteiger partial charge in [0, 0.05) is 0 Å². The van der Waals surface area contributed by atoms with E-state index in [2.05, 4.69) is 41.2 Å². The van der Waals surface area contributed by atoms with Gasteiger partial charge in [0.1, 0.15) is 5.60 Å². The lowest BCUT2D eigenvalue weighted by molar-refractivity contribution is 0.0335. The number of hydrogen-bond acceptors (Lipinski definition) is 4. The zero-order valence-electron chi connectivity index (χ0n) is 12.7. The van der Waals surface area contributed by atoms with Crippen molar-refractivity contribution in [2.75, 3.05) is 6.26 Å². The van der Waals surface area contributed by atoms with Crippen LogP contribution in [0.15, 0.2) is 34.2 Å². The molecule has 2 unspecified atom stereocenters. The van der Waals surface area contributed by atoms with E-state index >= 15 is 0 Å². The molecule has 0 saturated heterocycles. The monoisotopic (exact) mass is 314 g/mol. The van der Waals surface area contributed by atoms with Gasteiger partial charge in [0.2, 0.25) is 5.88 Å². The van der Waals surface area contributed by atoms with E-state index < -0.39 is 0 Å². The molecular weight excluding hydrogens is 296 g/mol. The highest BCUT2D eigenvalue weighted by Crippen LogP contribution is 2.51. The molecule has 4 rings (SSSR count). The number of benzene rings is 1. The van der Waals surface area contributed by atoms with Crippen LogP contribution in [0.3, 0.4) is 0 Å². The number of thioether (sulfide) groups is 1. The third kappa shape index (κ3) is 1.92. The predicted molar refractivity (Wildman–Crippen MR) is 86.7 cm³/mol. The fourth-order valence-corrected chi connectivity index (χ4v) is 4.18. The van der Waals surface area contributed by atoms with Gasteiger partial charge in [-0.2, -0.15) is 4.98 Å². The number of H-pyrrole nitrogens is 1. The third-order valence-electron chi connectivity index (χ3n) is 4.84. The van der Waals surface area contributed by atoms with Gasteiger partial charge >= 0.3 is 0 Å². The van der Waals surface area contributed by atoms with Gasteiger partial charge in [0.25, 0.3) is 5.56 Å². The first kappa shape index (κ1) is 13.9. The maximum atomic E-state index is 12.2. The highest BCUT2D eigenvalue weighted by Gasteiger charge is 2.47. The zero-order valence-corrected chi connectivity index (χ0v) is 13.5. The number of aromatic nitrogens is 2. The Labute approximate surface area is 133 Å². The summed E-state index contributed by atoms with van der Waals surface area (Å²) in [5.41, 5.74) is 2.92. The van der Waals surface area contributed by atoms with Gasteiger partial charge in [-0.3, -0.25) is 4.79 Å². The largest absolute Gasteiger partial charge is 0.466 e. The molecule has 2 aliphatic rings. The van der Waals surface area contributed by atoms with Crippen LogP contribution in [0.25, 0.3) is 0 Å². The van der Waals surface area contributed by atoms with Crippen molar-refractivity contribution < 1.29 is 4.74 Å². The topological polar surface area (TPSA) is 55.0 Å². The number of fused-ring (bicyclic) bond motifs is 3. The number of rotatable bonds is 1. The molecule has 4 nitrogen and oxygen atoms in total. The molecule has 2 heterocycles. The maximum absolute atomic E-state index is 12.2. The van der Waals surface area contributed by atoms with Gasteiger partial charge in [-0.15, -0.1) is 0 Å². The number of nitrogens with one attached hydrogen (secondary N) is 1. The molecule has 5 heteroatoms. The average Bonchev–Trinajstić information content (AvgIpc) is 2.79. The summed E-state index contributed by atoms with van der Waals surface area (Å²) >= 11 is 1.43. The predicted octanol–water partition coefficient (Wildman–Crippen LogP) is 3.22. The zero-order chi connectivity index (χ0) is 15.3. The molecule has 0 saturated carbocycles. The minimum atomic E-state index is -0.320. The summed E-state index contributed by atoms with van der Waals surface area (Å²) in [5, 5.41) is 0.611. The van der Waals surface area contributed by atoms with E-state index in [4.69, 9.17) is 4.74 Å². The van der Waals surface area contributed by atoms with Crippen molar-refractivity contribution in [3.8, 4) is 5.88 Å². The molecule has 1 aliphatic carbocycles. The van der Waals surface area contributed by atoms with Crippen molar-refractivity contribution >= 4 is 11.8 Å². The number of aromatic amines is 1. The molecule has 1 spiro atoms. The molecule has 114 valence electrons. The van der Waals surface area contributed by atoms with Crippen LogP contribution in [0.2, 0.25) is 0 Å². The van der Waals surface area contributed by atoms with E-state index in [1.807, 2.05) is 6.26 Å². The Hall–Kier alpha value is -1.75. The Morgan fingerprint density at radius 3 is 3.05 bits per heavy atom. The first-order valence-electron chi connectivity index (χ1n) is 7.58. The van der Waals surface area contributed by atoms with Crippen LogP contribution in [0.1, 0.15) is 42.4 Å². The summed E-state index contributed by atoms with van der Waals surface area (Å²) in [6.07, 6.45) is 4.41. The highest BCUT2D eigenvalue weighted by molar-refractivity contribution is 7.98. The van der Waals surface area contributed by atoms with Crippen LogP contribution in [0.5, 0.6) is 5.88 Å². The Morgan fingerprint density at radius 2 is 2.23 bits per heavy atom. The van der Waals surface area contributed by atoms with Crippen LogP contribution in [-0.4, -0.2) is 16.2 Å². The molecule has 1 aliphatic heterocycles. The highest BCUT2D eigenvalue weighted by atomic mass is 32.2. The van der Waals surface area contributed by atoms with Crippen molar-refractivity contribution in [3.63, 3.8) is 0 Å². The SMILES string of the molecule is CSc1nc2c(c(=O)[nH]1)CCC1(CC(C)c3ccccc31)O2. The van der Waals surface area contributed by atoms with Crippen LogP contribution in [0, 0.1) is 0 Å². The number of hydrogen-bond donors (Lipinski definition) is 1. The molecule has 1 N–H and O–H groups in total. The molecule has 0 radical (unpaired) electrons. The summed E-state index contributed by atoms with van der Waals surface area (Å²) in [5.74, 6) is 0.989. The van der Waals surface area contributed by atoms with E-state index in [-0.39, 0.29) is 11.2 Å². The fourth-order valence-electron chi connectivity index (χ4n) is 3.81. The first-order chi connectivity index (χ1) is 10.6. The van der Waals surface area contributed by atoms with Gasteiger partial charge in [-0.25, -0.2) is 0 Å². The van der Waals surface area contributed by atoms with Crippen LogP contribution in [-0.2, 0) is 12.0 Å². The van der Waals surface area contributed by atoms with Crippen LogP contribution in [0.4, 0.5) is 0 Å². The molecule has 2 atom stereocenters. The van der Waals surface area contributed by atoms with Crippen molar-refractivity contribution in [3.05, 3.63) is 51.3 Å². The standard InChI is InChI=1S/C17H18N2O2S/c1-10-9-17(13-6-4-3-5-11(10)13)8-7-12-14(20)18-16(22-2)19-15(12)21-17/h3-6,10H,7-9H2,1-2H3,(H,18,19,20). The second kappa shape index (κ2) is 4.88. The van der Waals surface area contributed by atoms with E-state index in [9.17, 15) is 4.79 Å². The van der Waals surface area contributed by atoms with Gasteiger partial charge in [-0.1, -0.05) is 43.0 Å². The normalized spacial score (nSPS) is 25.6. The Bertz CT molecular complexity index is 801. The smallest absolute Gasteiger partial charge is 0.258 e. The molecule has 1 aromatic carbocycles. The second-order valence-corrected chi connectivity index (χ2v) is 6.94. The Balaban J connectivity index is 1.83. The number of ether oxygens (including phenoxy) is 1.